The lowest BCUT2D eigenvalue weighted by Gasteiger charge is -2.10. The first-order valence-electron chi connectivity index (χ1n) is 7.80. The molecule has 1 N–H and O–H groups in total. The largest absolute Gasteiger partial charge is 0.453 e. The predicted molar refractivity (Wildman–Crippen MR) is 91.8 cm³/mol. The fraction of sp³-hybridized carbons (Fsp3) is 0.333. The Morgan fingerprint density at radius 1 is 1.26 bits per heavy atom. The number of aromatic nitrogens is 1. The topological polar surface area (TPSA) is 59.7 Å². The van der Waals surface area contributed by atoms with Gasteiger partial charge in [0.2, 0.25) is 0 Å². The normalized spacial score (nSPS) is 12.2. The van der Waals surface area contributed by atoms with Crippen LogP contribution in [0.3, 0.4) is 0 Å². The van der Waals surface area contributed by atoms with E-state index in [9.17, 15) is 0 Å². The number of methoxy groups -OCH3 is 1. The summed E-state index contributed by atoms with van der Waals surface area (Å²) in [6, 6.07) is 9.92. The lowest BCUT2D eigenvalue weighted by molar-refractivity contribution is 0.211. The zero-order valence-electron chi connectivity index (χ0n) is 13.7. The Hall–Kier alpha value is -2.40. The highest BCUT2D eigenvalue weighted by Gasteiger charge is 2.11. The van der Waals surface area contributed by atoms with Gasteiger partial charge in [-0.2, -0.15) is 0 Å². The number of aryl methyl sites for hydroxylation is 1. The summed E-state index contributed by atoms with van der Waals surface area (Å²) in [6.45, 7) is 6.23. The maximum Gasteiger partial charge on any atom is 0.155 e. The summed E-state index contributed by atoms with van der Waals surface area (Å²) in [6.07, 6.45) is 0. The molecule has 1 aliphatic heterocycles. The smallest absolute Gasteiger partial charge is 0.155 e. The lowest BCUT2D eigenvalue weighted by atomic mass is 10.1. The van der Waals surface area contributed by atoms with Crippen LogP contribution in [0.4, 0.5) is 5.69 Å². The predicted octanol–water partition coefficient (Wildman–Crippen LogP) is 3.22. The molecule has 0 saturated carbocycles. The molecule has 0 amide bonds. The van der Waals surface area contributed by atoms with E-state index in [0.29, 0.717) is 6.61 Å². The number of fused-ring (bicyclic) bond motifs is 2. The third-order valence-electron chi connectivity index (χ3n) is 3.66. The van der Waals surface area contributed by atoms with Gasteiger partial charge in [0.25, 0.3) is 0 Å². The molecule has 0 saturated heterocycles. The van der Waals surface area contributed by atoms with Crippen molar-refractivity contribution in [2.75, 3.05) is 32.1 Å². The molecule has 2 aliphatic rings. The number of benzene rings is 2. The quantitative estimate of drug-likeness (QED) is 0.580. The monoisotopic (exact) mass is 311 g/mol. The van der Waals surface area contributed by atoms with E-state index in [1.165, 1.54) is 0 Å². The minimum absolute atomic E-state index is 0.659. The van der Waals surface area contributed by atoms with Crippen LogP contribution in [0.1, 0.15) is 12.5 Å². The van der Waals surface area contributed by atoms with Gasteiger partial charge in [-0.15, -0.1) is 0 Å². The Morgan fingerprint density at radius 3 is 2.91 bits per heavy atom. The van der Waals surface area contributed by atoms with Crippen LogP contribution in [0.5, 0.6) is 0 Å². The van der Waals surface area contributed by atoms with Crippen molar-refractivity contribution in [2.24, 2.45) is 4.99 Å². The molecule has 3 rings (SSSR count). The van der Waals surface area contributed by atoms with Crippen LogP contribution in [0.15, 0.2) is 39.7 Å². The molecular weight excluding hydrogens is 290 g/mol. The van der Waals surface area contributed by atoms with Gasteiger partial charge in [-0.3, -0.25) is 4.99 Å². The Bertz CT molecular complexity index is 855. The minimum Gasteiger partial charge on any atom is -0.453 e. The van der Waals surface area contributed by atoms with E-state index in [1.807, 2.05) is 44.2 Å². The van der Waals surface area contributed by atoms with Gasteiger partial charge in [-0.25, -0.2) is 4.98 Å². The number of hydrogen-bond acceptors (Lipinski definition) is 5. The molecule has 0 atom stereocenters. The molecule has 5 heteroatoms. The van der Waals surface area contributed by atoms with E-state index in [2.05, 4.69) is 15.3 Å². The average Bonchev–Trinajstić information content (AvgIpc) is 2.54. The standard InChI is InChI=1S/C18H21N3O2/c1-4-19-15-11-18-16(9-12(15)2)21-14-6-5-13(10-17(14)23-18)20-7-8-22-3/h5-6,9-11,20H,4,7-8H2,1-3H3. The second-order valence-electron chi connectivity index (χ2n) is 5.40. The van der Waals surface area contributed by atoms with Gasteiger partial charge in [0.15, 0.2) is 11.3 Å². The third-order valence-corrected chi connectivity index (χ3v) is 3.66. The number of nitrogens with zero attached hydrogens (tertiary/aromatic N) is 2. The summed E-state index contributed by atoms with van der Waals surface area (Å²) in [5, 5.41) is 4.25. The van der Waals surface area contributed by atoms with Crippen LogP contribution in [0, 0.1) is 6.92 Å². The Balaban J connectivity index is 2.06. The summed E-state index contributed by atoms with van der Waals surface area (Å²) in [7, 11) is 1.69. The molecule has 120 valence electrons. The first-order chi connectivity index (χ1) is 11.2. The molecule has 0 fully saturated rings. The minimum atomic E-state index is 0.659. The summed E-state index contributed by atoms with van der Waals surface area (Å²) in [5.74, 6) is 0.754. The van der Waals surface area contributed by atoms with Gasteiger partial charge >= 0.3 is 0 Å². The van der Waals surface area contributed by atoms with E-state index < -0.39 is 0 Å². The lowest BCUT2D eigenvalue weighted by Crippen LogP contribution is -2.09. The fourth-order valence-electron chi connectivity index (χ4n) is 2.52. The first-order valence-corrected chi connectivity index (χ1v) is 7.80. The number of ether oxygens (including phenoxy) is 1. The van der Waals surface area contributed by atoms with Crippen LogP contribution < -0.4 is 10.7 Å². The number of nitrogens with one attached hydrogen (secondary N) is 1. The van der Waals surface area contributed by atoms with E-state index >= 15 is 0 Å². The molecule has 0 aromatic heterocycles. The maximum absolute atomic E-state index is 6.04. The molecule has 1 aromatic carbocycles. The third kappa shape index (κ3) is 3.35. The van der Waals surface area contributed by atoms with Gasteiger partial charge in [0.1, 0.15) is 11.2 Å². The van der Waals surface area contributed by atoms with Crippen molar-refractivity contribution in [1.29, 1.82) is 0 Å². The zero-order chi connectivity index (χ0) is 16.2. The zero-order valence-corrected chi connectivity index (χ0v) is 13.7. The highest BCUT2D eigenvalue weighted by atomic mass is 16.5. The van der Waals surface area contributed by atoms with Crippen LogP contribution in [-0.4, -0.2) is 31.8 Å². The SMILES string of the molecule is CCN=c1cc2oc3cc(NCCOC)ccc3nc-2cc1C. The van der Waals surface area contributed by atoms with E-state index in [-0.39, 0.29) is 0 Å². The molecule has 0 spiro atoms. The molecule has 1 aromatic rings. The Labute approximate surface area is 135 Å². The highest BCUT2D eigenvalue weighted by molar-refractivity contribution is 5.79. The fourth-order valence-corrected chi connectivity index (χ4v) is 2.52. The number of anilines is 1. The van der Waals surface area contributed by atoms with Gasteiger partial charge < -0.3 is 14.5 Å². The van der Waals surface area contributed by atoms with Crippen molar-refractivity contribution in [3.05, 3.63) is 41.3 Å². The molecule has 0 unspecified atom stereocenters. The van der Waals surface area contributed by atoms with Crippen LogP contribution in [-0.2, 0) is 4.74 Å². The molecule has 5 nitrogen and oxygen atoms in total. The molecule has 1 heterocycles. The van der Waals surface area contributed by atoms with E-state index in [4.69, 9.17) is 9.15 Å². The van der Waals surface area contributed by atoms with Crippen molar-refractivity contribution >= 4 is 16.8 Å². The first kappa shape index (κ1) is 15.5. The van der Waals surface area contributed by atoms with Gasteiger partial charge in [0.05, 0.1) is 12.0 Å². The van der Waals surface area contributed by atoms with Crippen molar-refractivity contribution in [3.8, 4) is 11.5 Å². The number of hydrogen-bond donors (Lipinski definition) is 1. The number of rotatable bonds is 5. The Kier molecular flexibility index (Phi) is 4.57. The molecule has 1 aliphatic carbocycles. The van der Waals surface area contributed by atoms with Crippen molar-refractivity contribution < 1.29 is 9.15 Å². The molecule has 0 bridgehead atoms. The molecular formula is C18H21N3O2. The van der Waals surface area contributed by atoms with E-state index in [0.717, 1.165) is 52.3 Å². The summed E-state index contributed by atoms with van der Waals surface area (Å²) in [5.41, 5.74) is 4.55. The van der Waals surface area contributed by atoms with Crippen LogP contribution in [0.2, 0.25) is 0 Å². The Morgan fingerprint density at radius 2 is 2.13 bits per heavy atom. The maximum atomic E-state index is 6.04. The average molecular weight is 311 g/mol. The molecule has 23 heavy (non-hydrogen) atoms. The van der Waals surface area contributed by atoms with Gasteiger partial charge in [-0.05, 0) is 37.6 Å². The highest BCUT2D eigenvalue weighted by Crippen LogP contribution is 2.26. The van der Waals surface area contributed by atoms with Crippen molar-refractivity contribution in [3.63, 3.8) is 0 Å². The van der Waals surface area contributed by atoms with Gasteiger partial charge in [0, 0.05) is 38.0 Å². The second-order valence-corrected chi connectivity index (χ2v) is 5.40. The van der Waals surface area contributed by atoms with Crippen molar-refractivity contribution in [2.45, 2.75) is 13.8 Å². The van der Waals surface area contributed by atoms with Crippen LogP contribution in [0.25, 0.3) is 22.6 Å². The van der Waals surface area contributed by atoms with Crippen LogP contribution >= 0.6 is 0 Å². The van der Waals surface area contributed by atoms with E-state index in [1.54, 1.807) is 7.11 Å². The summed E-state index contributed by atoms with van der Waals surface area (Å²) in [4.78, 5) is 9.18. The molecule has 0 radical (unpaired) electrons. The summed E-state index contributed by atoms with van der Waals surface area (Å²) >= 11 is 0. The van der Waals surface area contributed by atoms with Gasteiger partial charge in [-0.1, -0.05) is 0 Å². The summed E-state index contributed by atoms with van der Waals surface area (Å²) < 4.78 is 11.1. The van der Waals surface area contributed by atoms with Crippen molar-refractivity contribution in [1.82, 2.24) is 4.98 Å². The second kappa shape index (κ2) is 6.79.